The molecule has 2 heterocycles. The molecule has 34 heavy (non-hydrogen) atoms. The number of aliphatic hydroxyl groups is 1. The number of benzene rings is 2. The molecule has 8 nitrogen and oxygen atoms in total. The standard InChI is InChI=1S/C25H25ClN6O2/c26-21-13-29-25(32-23(21)20-12-28-22-4-2-1-3-19(20)22)31-17-9-16(10-18(33)11-17)30-24(34)14-5-7-15(27)8-6-14/h1-8,12-13,16-18,28,33H,9-11,27H2,(H,30,34)(H,29,31,32)/t16?,17?,18-/m0/s1. The molecule has 1 aliphatic rings. The summed E-state index contributed by atoms with van der Waals surface area (Å²) in [5.41, 5.74) is 9.35. The first kappa shape index (κ1) is 22.2. The van der Waals surface area contributed by atoms with Gasteiger partial charge in [-0.05, 0) is 49.6 Å². The number of carbonyl (C=O) groups is 1. The lowest BCUT2D eigenvalue weighted by Crippen LogP contribution is -2.46. The van der Waals surface area contributed by atoms with Gasteiger partial charge < -0.3 is 26.5 Å². The van der Waals surface area contributed by atoms with E-state index in [2.05, 4.69) is 25.6 Å². The number of para-hydroxylation sites is 1. The number of rotatable bonds is 5. The molecule has 3 atom stereocenters. The molecule has 1 saturated carbocycles. The molecule has 0 aliphatic heterocycles. The van der Waals surface area contributed by atoms with Crippen molar-refractivity contribution in [1.82, 2.24) is 20.3 Å². The van der Waals surface area contributed by atoms with Crippen LogP contribution in [0.2, 0.25) is 5.02 Å². The van der Waals surface area contributed by atoms with Gasteiger partial charge in [0.15, 0.2) is 0 Å². The number of hydrogen-bond acceptors (Lipinski definition) is 6. The van der Waals surface area contributed by atoms with E-state index in [0.29, 0.717) is 47.2 Å². The Hall–Kier alpha value is -3.62. The van der Waals surface area contributed by atoms with Crippen LogP contribution < -0.4 is 16.4 Å². The van der Waals surface area contributed by atoms with Crippen molar-refractivity contribution in [2.75, 3.05) is 11.1 Å². The summed E-state index contributed by atoms with van der Waals surface area (Å²) in [5.74, 6) is 0.231. The molecule has 0 spiro atoms. The molecule has 1 aliphatic carbocycles. The fourth-order valence-electron chi connectivity index (χ4n) is 4.50. The number of halogens is 1. The quantitative estimate of drug-likeness (QED) is 0.277. The SMILES string of the molecule is Nc1ccc(C(=O)NC2CC(Nc3ncc(Cl)c(-c4c[nH]c5ccccc45)n3)C[C@@H](O)C2)cc1. The van der Waals surface area contributed by atoms with Crippen molar-refractivity contribution in [3.05, 3.63) is 71.5 Å². The highest BCUT2D eigenvalue weighted by molar-refractivity contribution is 6.33. The fourth-order valence-corrected chi connectivity index (χ4v) is 4.70. The summed E-state index contributed by atoms with van der Waals surface area (Å²) in [7, 11) is 0. The molecule has 5 rings (SSSR count). The number of hydrogen-bond donors (Lipinski definition) is 5. The van der Waals surface area contributed by atoms with Crippen molar-refractivity contribution in [3.63, 3.8) is 0 Å². The molecule has 2 aromatic carbocycles. The van der Waals surface area contributed by atoms with E-state index >= 15 is 0 Å². The monoisotopic (exact) mass is 476 g/mol. The van der Waals surface area contributed by atoms with Gasteiger partial charge in [-0.2, -0.15) is 0 Å². The Morgan fingerprint density at radius 1 is 1.09 bits per heavy atom. The zero-order valence-electron chi connectivity index (χ0n) is 18.3. The third kappa shape index (κ3) is 4.69. The zero-order valence-corrected chi connectivity index (χ0v) is 19.1. The largest absolute Gasteiger partial charge is 0.399 e. The van der Waals surface area contributed by atoms with Crippen molar-refractivity contribution in [2.45, 2.75) is 37.5 Å². The van der Waals surface area contributed by atoms with E-state index in [1.807, 2.05) is 30.5 Å². The van der Waals surface area contributed by atoms with E-state index in [9.17, 15) is 9.90 Å². The first-order valence-corrected chi connectivity index (χ1v) is 11.5. The van der Waals surface area contributed by atoms with Crippen LogP contribution >= 0.6 is 11.6 Å². The average Bonchev–Trinajstić information content (AvgIpc) is 3.24. The summed E-state index contributed by atoms with van der Waals surface area (Å²) in [5, 5.41) is 18.3. The van der Waals surface area contributed by atoms with Crippen molar-refractivity contribution >= 4 is 40.0 Å². The fraction of sp³-hybridized carbons (Fsp3) is 0.240. The first-order valence-electron chi connectivity index (χ1n) is 11.2. The second-order valence-electron chi connectivity index (χ2n) is 8.63. The number of aliphatic hydroxyl groups excluding tert-OH is 1. The minimum absolute atomic E-state index is 0.113. The van der Waals surface area contributed by atoms with Crippen LogP contribution in [-0.4, -0.2) is 44.2 Å². The Balaban J connectivity index is 1.31. The molecule has 4 aromatic rings. The predicted octanol–water partition coefficient (Wildman–Crippen LogP) is 3.98. The van der Waals surface area contributed by atoms with E-state index < -0.39 is 6.10 Å². The number of H-pyrrole nitrogens is 1. The number of fused-ring (bicyclic) bond motifs is 1. The summed E-state index contributed by atoms with van der Waals surface area (Å²) in [4.78, 5) is 24.9. The van der Waals surface area contributed by atoms with Crippen molar-refractivity contribution in [3.8, 4) is 11.3 Å². The number of nitrogens with one attached hydrogen (secondary N) is 3. The lowest BCUT2D eigenvalue weighted by Gasteiger charge is -2.33. The van der Waals surface area contributed by atoms with Gasteiger partial charge in [-0.15, -0.1) is 0 Å². The molecular formula is C25H25ClN6O2. The van der Waals surface area contributed by atoms with E-state index in [-0.39, 0.29) is 18.0 Å². The Kier molecular flexibility index (Phi) is 6.08. The first-order chi connectivity index (χ1) is 16.5. The Labute approximate surface area is 201 Å². The molecule has 2 unspecified atom stereocenters. The summed E-state index contributed by atoms with van der Waals surface area (Å²) in [6.45, 7) is 0. The van der Waals surface area contributed by atoms with Crippen LogP contribution in [0.3, 0.4) is 0 Å². The third-order valence-corrected chi connectivity index (χ3v) is 6.39. The van der Waals surface area contributed by atoms with Crippen LogP contribution in [0.1, 0.15) is 29.6 Å². The van der Waals surface area contributed by atoms with Crippen LogP contribution in [-0.2, 0) is 0 Å². The summed E-state index contributed by atoms with van der Waals surface area (Å²) in [6.07, 6.45) is 4.56. The van der Waals surface area contributed by atoms with Gasteiger partial charge in [0.25, 0.3) is 5.91 Å². The van der Waals surface area contributed by atoms with Gasteiger partial charge in [-0.3, -0.25) is 4.79 Å². The average molecular weight is 477 g/mol. The van der Waals surface area contributed by atoms with Gasteiger partial charge in [0.05, 0.1) is 23.0 Å². The normalized spacial score (nSPS) is 20.2. The Morgan fingerprint density at radius 3 is 2.68 bits per heavy atom. The maximum atomic E-state index is 12.6. The Morgan fingerprint density at radius 2 is 1.85 bits per heavy atom. The van der Waals surface area contributed by atoms with Crippen LogP contribution in [0.5, 0.6) is 0 Å². The van der Waals surface area contributed by atoms with Crippen LogP contribution in [0.25, 0.3) is 22.2 Å². The van der Waals surface area contributed by atoms with Gasteiger partial charge in [-0.25, -0.2) is 9.97 Å². The van der Waals surface area contributed by atoms with E-state index in [1.165, 1.54) is 0 Å². The molecule has 0 saturated heterocycles. The molecule has 1 fully saturated rings. The highest BCUT2D eigenvalue weighted by atomic mass is 35.5. The molecular weight excluding hydrogens is 452 g/mol. The number of aromatic amines is 1. The lowest BCUT2D eigenvalue weighted by molar-refractivity contribution is 0.0832. The summed E-state index contributed by atoms with van der Waals surface area (Å²) in [6, 6.07) is 14.4. The third-order valence-electron chi connectivity index (χ3n) is 6.11. The Bertz CT molecular complexity index is 1320. The maximum absolute atomic E-state index is 12.6. The summed E-state index contributed by atoms with van der Waals surface area (Å²) < 4.78 is 0. The molecule has 9 heteroatoms. The highest BCUT2D eigenvalue weighted by Gasteiger charge is 2.29. The lowest BCUT2D eigenvalue weighted by atomic mass is 9.88. The van der Waals surface area contributed by atoms with E-state index in [4.69, 9.17) is 17.3 Å². The van der Waals surface area contributed by atoms with Crippen molar-refractivity contribution in [2.24, 2.45) is 0 Å². The number of amides is 1. The molecule has 0 bridgehead atoms. The molecule has 6 N–H and O–H groups in total. The number of anilines is 2. The highest BCUT2D eigenvalue weighted by Crippen LogP contribution is 2.32. The van der Waals surface area contributed by atoms with Gasteiger partial charge in [0.1, 0.15) is 0 Å². The number of aromatic nitrogens is 3. The molecule has 174 valence electrons. The number of nitrogens with zero attached hydrogens (tertiary/aromatic N) is 2. The van der Waals surface area contributed by atoms with Crippen LogP contribution in [0.15, 0.2) is 60.9 Å². The van der Waals surface area contributed by atoms with Crippen molar-refractivity contribution < 1.29 is 9.90 Å². The van der Waals surface area contributed by atoms with Gasteiger partial charge in [0.2, 0.25) is 5.95 Å². The van der Waals surface area contributed by atoms with Gasteiger partial charge in [-0.1, -0.05) is 29.8 Å². The van der Waals surface area contributed by atoms with E-state index in [0.717, 1.165) is 16.5 Å². The molecule has 0 radical (unpaired) electrons. The maximum Gasteiger partial charge on any atom is 0.251 e. The molecule has 1 amide bonds. The second kappa shape index (κ2) is 9.32. The zero-order chi connectivity index (χ0) is 23.7. The second-order valence-corrected chi connectivity index (χ2v) is 9.04. The van der Waals surface area contributed by atoms with Gasteiger partial charge >= 0.3 is 0 Å². The minimum Gasteiger partial charge on any atom is -0.399 e. The van der Waals surface area contributed by atoms with E-state index in [1.54, 1.807) is 30.5 Å². The smallest absolute Gasteiger partial charge is 0.251 e. The molecule has 2 aromatic heterocycles. The van der Waals surface area contributed by atoms with Crippen LogP contribution in [0, 0.1) is 0 Å². The number of nitrogen functional groups attached to an aromatic ring is 1. The van der Waals surface area contributed by atoms with Crippen molar-refractivity contribution in [1.29, 1.82) is 0 Å². The number of carbonyl (C=O) groups excluding carboxylic acids is 1. The number of nitrogens with two attached hydrogens (primary N) is 1. The summed E-state index contributed by atoms with van der Waals surface area (Å²) >= 11 is 6.44. The minimum atomic E-state index is -0.552. The topological polar surface area (TPSA) is 129 Å². The van der Waals surface area contributed by atoms with Gasteiger partial charge in [0, 0.05) is 46.0 Å². The van der Waals surface area contributed by atoms with Crippen LogP contribution in [0.4, 0.5) is 11.6 Å². The predicted molar refractivity (Wildman–Crippen MR) is 134 cm³/mol.